The molecule has 1 N–H and O–H groups in total. The van der Waals surface area contributed by atoms with Crippen molar-refractivity contribution < 1.29 is 4.42 Å². The zero-order chi connectivity index (χ0) is 16.4. The molecule has 1 aromatic heterocycles. The molecule has 0 amide bonds. The fraction of sp³-hybridized carbons (Fsp3) is 0.778. The van der Waals surface area contributed by atoms with Crippen molar-refractivity contribution in [3.8, 4) is 0 Å². The first kappa shape index (κ1) is 18.2. The Morgan fingerprint density at radius 3 is 2.24 bits per heavy atom. The fourth-order valence-electron chi connectivity index (χ4n) is 2.23. The van der Waals surface area contributed by atoms with Crippen LogP contribution in [0.4, 0.5) is 0 Å². The molecular formula is C18H34N2O. The zero-order valence-electron chi connectivity index (χ0n) is 15.4. The van der Waals surface area contributed by atoms with E-state index < -0.39 is 0 Å². The second-order valence-electron chi connectivity index (χ2n) is 8.38. The van der Waals surface area contributed by atoms with Gasteiger partial charge in [-0.3, -0.25) is 4.90 Å². The van der Waals surface area contributed by atoms with Gasteiger partial charge in [0.25, 0.3) is 0 Å². The number of furan rings is 1. The Bertz CT molecular complexity index is 449. The van der Waals surface area contributed by atoms with Crippen LogP contribution in [0.5, 0.6) is 0 Å². The van der Waals surface area contributed by atoms with Gasteiger partial charge in [0.15, 0.2) is 0 Å². The maximum absolute atomic E-state index is 6.04. The minimum absolute atomic E-state index is 0.108. The molecule has 0 aliphatic heterocycles. The molecule has 1 rings (SSSR count). The van der Waals surface area contributed by atoms with Gasteiger partial charge in [-0.05, 0) is 58.7 Å². The SMILES string of the molecule is Cc1cc(CN(C)C(C)C(C)(C)C)oc1CNC(C)(C)C. The first-order valence-corrected chi connectivity index (χ1v) is 7.93. The molecule has 1 heterocycles. The van der Waals surface area contributed by atoms with Crippen LogP contribution in [0.3, 0.4) is 0 Å². The van der Waals surface area contributed by atoms with E-state index in [1.165, 1.54) is 5.56 Å². The second-order valence-corrected chi connectivity index (χ2v) is 8.38. The summed E-state index contributed by atoms with van der Waals surface area (Å²) in [5, 5.41) is 3.49. The van der Waals surface area contributed by atoms with Crippen molar-refractivity contribution >= 4 is 0 Å². The van der Waals surface area contributed by atoms with Crippen molar-refractivity contribution in [2.24, 2.45) is 5.41 Å². The molecule has 0 radical (unpaired) electrons. The Morgan fingerprint density at radius 1 is 1.19 bits per heavy atom. The number of hydrogen-bond donors (Lipinski definition) is 1. The lowest BCUT2D eigenvalue weighted by Crippen LogP contribution is -2.38. The van der Waals surface area contributed by atoms with Crippen LogP contribution < -0.4 is 5.32 Å². The van der Waals surface area contributed by atoms with Crippen LogP contribution in [0.2, 0.25) is 0 Å². The quantitative estimate of drug-likeness (QED) is 0.875. The Balaban J connectivity index is 2.70. The largest absolute Gasteiger partial charge is 0.463 e. The Kier molecular flexibility index (Phi) is 5.68. The maximum atomic E-state index is 6.04. The highest BCUT2D eigenvalue weighted by Gasteiger charge is 2.24. The second kappa shape index (κ2) is 6.53. The molecule has 1 unspecified atom stereocenters. The highest BCUT2D eigenvalue weighted by Crippen LogP contribution is 2.25. The summed E-state index contributed by atoms with van der Waals surface area (Å²) >= 11 is 0. The average molecular weight is 294 g/mol. The normalized spacial score (nSPS) is 14.8. The molecule has 3 heteroatoms. The Labute approximate surface area is 131 Å². The van der Waals surface area contributed by atoms with Gasteiger partial charge in [0.1, 0.15) is 11.5 Å². The standard InChI is InChI=1S/C18H34N2O/c1-13-10-15(12-20(9)14(2)17(3,4)5)21-16(13)11-19-18(6,7)8/h10,14,19H,11-12H2,1-9H3. The van der Waals surface area contributed by atoms with E-state index in [2.05, 4.69) is 78.7 Å². The van der Waals surface area contributed by atoms with Crippen LogP contribution in [0.25, 0.3) is 0 Å². The maximum Gasteiger partial charge on any atom is 0.120 e. The Morgan fingerprint density at radius 2 is 1.76 bits per heavy atom. The van der Waals surface area contributed by atoms with E-state index in [1.807, 2.05) is 0 Å². The predicted molar refractivity (Wildman–Crippen MR) is 90.4 cm³/mol. The van der Waals surface area contributed by atoms with E-state index in [1.54, 1.807) is 0 Å². The third kappa shape index (κ3) is 5.84. The van der Waals surface area contributed by atoms with E-state index in [-0.39, 0.29) is 11.0 Å². The lowest BCUT2D eigenvalue weighted by molar-refractivity contribution is 0.126. The summed E-state index contributed by atoms with van der Waals surface area (Å²) in [7, 11) is 2.17. The van der Waals surface area contributed by atoms with E-state index in [9.17, 15) is 0 Å². The molecule has 21 heavy (non-hydrogen) atoms. The first-order chi connectivity index (χ1) is 9.40. The summed E-state index contributed by atoms with van der Waals surface area (Å²) < 4.78 is 6.04. The number of nitrogens with one attached hydrogen (secondary N) is 1. The number of nitrogens with zero attached hydrogens (tertiary/aromatic N) is 1. The van der Waals surface area contributed by atoms with Crippen LogP contribution in [0.1, 0.15) is 65.6 Å². The molecule has 0 spiro atoms. The van der Waals surface area contributed by atoms with E-state index in [0.29, 0.717) is 6.04 Å². The van der Waals surface area contributed by atoms with Crippen LogP contribution >= 0.6 is 0 Å². The summed E-state index contributed by atoms with van der Waals surface area (Å²) in [6.07, 6.45) is 0. The van der Waals surface area contributed by atoms with Gasteiger partial charge in [-0.1, -0.05) is 20.8 Å². The third-order valence-electron chi connectivity index (χ3n) is 4.17. The van der Waals surface area contributed by atoms with Crippen LogP contribution in [0.15, 0.2) is 10.5 Å². The van der Waals surface area contributed by atoms with Crippen LogP contribution in [-0.2, 0) is 13.1 Å². The molecule has 0 fully saturated rings. The van der Waals surface area contributed by atoms with Crippen molar-refractivity contribution in [3.63, 3.8) is 0 Å². The summed E-state index contributed by atoms with van der Waals surface area (Å²) in [4.78, 5) is 2.36. The molecule has 1 aromatic rings. The van der Waals surface area contributed by atoms with Crippen molar-refractivity contribution in [1.29, 1.82) is 0 Å². The smallest absolute Gasteiger partial charge is 0.120 e. The van der Waals surface area contributed by atoms with Crippen LogP contribution in [-0.4, -0.2) is 23.5 Å². The minimum atomic E-state index is 0.108. The lowest BCUT2D eigenvalue weighted by atomic mass is 9.87. The molecule has 0 bridgehead atoms. The summed E-state index contributed by atoms with van der Waals surface area (Å²) in [5.74, 6) is 2.11. The first-order valence-electron chi connectivity index (χ1n) is 7.93. The third-order valence-corrected chi connectivity index (χ3v) is 4.17. The van der Waals surface area contributed by atoms with Crippen molar-refractivity contribution in [3.05, 3.63) is 23.2 Å². The summed E-state index contributed by atoms with van der Waals surface area (Å²) in [6.45, 7) is 19.4. The predicted octanol–water partition coefficient (Wildman–Crippen LogP) is 4.34. The molecule has 0 aliphatic rings. The van der Waals surface area contributed by atoms with Gasteiger partial charge in [0.2, 0.25) is 0 Å². The summed E-state index contributed by atoms with van der Waals surface area (Å²) in [5.41, 5.74) is 1.61. The Hall–Kier alpha value is -0.800. The molecule has 0 aromatic carbocycles. The van der Waals surface area contributed by atoms with E-state index >= 15 is 0 Å². The van der Waals surface area contributed by atoms with Gasteiger partial charge in [-0.2, -0.15) is 0 Å². The fourth-order valence-corrected chi connectivity index (χ4v) is 2.23. The van der Waals surface area contributed by atoms with Gasteiger partial charge in [-0.25, -0.2) is 0 Å². The molecule has 0 saturated heterocycles. The van der Waals surface area contributed by atoms with E-state index in [4.69, 9.17) is 4.42 Å². The van der Waals surface area contributed by atoms with Gasteiger partial charge in [0.05, 0.1) is 13.1 Å². The van der Waals surface area contributed by atoms with Crippen molar-refractivity contribution in [2.75, 3.05) is 7.05 Å². The van der Waals surface area contributed by atoms with Gasteiger partial charge in [0, 0.05) is 11.6 Å². The average Bonchev–Trinajstić information content (AvgIpc) is 2.63. The molecule has 0 aliphatic carbocycles. The van der Waals surface area contributed by atoms with Gasteiger partial charge in [-0.15, -0.1) is 0 Å². The monoisotopic (exact) mass is 294 g/mol. The highest BCUT2D eigenvalue weighted by molar-refractivity contribution is 5.20. The lowest BCUT2D eigenvalue weighted by Gasteiger charge is -2.34. The van der Waals surface area contributed by atoms with Crippen molar-refractivity contribution in [2.45, 2.75) is 80.1 Å². The number of aryl methyl sites for hydroxylation is 1. The van der Waals surface area contributed by atoms with Gasteiger partial charge >= 0.3 is 0 Å². The van der Waals surface area contributed by atoms with Gasteiger partial charge < -0.3 is 9.73 Å². The molecule has 3 nitrogen and oxygen atoms in total. The van der Waals surface area contributed by atoms with Crippen LogP contribution in [0, 0.1) is 12.3 Å². The topological polar surface area (TPSA) is 28.4 Å². The summed E-state index contributed by atoms with van der Waals surface area (Å²) in [6, 6.07) is 2.67. The minimum Gasteiger partial charge on any atom is -0.463 e. The molecule has 0 saturated carbocycles. The zero-order valence-corrected chi connectivity index (χ0v) is 15.4. The number of hydrogen-bond acceptors (Lipinski definition) is 3. The van der Waals surface area contributed by atoms with E-state index in [0.717, 1.165) is 24.6 Å². The molecule has 122 valence electrons. The van der Waals surface area contributed by atoms with Crippen molar-refractivity contribution in [1.82, 2.24) is 10.2 Å². The molecular weight excluding hydrogens is 260 g/mol. The molecule has 1 atom stereocenters. The number of rotatable bonds is 5. The highest BCUT2D eigenvalue weighted by atomic mass is 16.3.